The van der Waals surface area contributed by atoms with Crippen LogP contribution in [0.4, 0.5) is 5.69 Å². The first-order valence-corrected chi connectivity index (χ1v) is 8.16. The molecule has 2 aromatic carbocycles. The van der Waals surface area contributed by atoms with Crippen LogP contribution < -0.4 is 15.5 Å². The molecule has 0 saturated carbocycles. The molecule has 0 aliphatic rings. The van der Waals surface area contributed by atoms with Gasteiger partial charge in [0.15, 0.2) is 0 Å². The van der Waals surface area contributed by atoms with Gasteiger partial charge < -0.3 is 15.2 Å². The van der Waals surface area contributed by atoms with Crippen molar-refractivity contribution in [3.8, 4) is 11.5 Å². The highest BCUT2D eigenvalue weighted by Crippen LogP contribution is 2.22. The summed E-state index contributed by atoms with van der Waals surface area (Å²) in [7, 11) is 0. The van der Waals surface area contributed by atoms with Crippen molar-refractivity contribution in [2.75, 3.05) is 11.9 Å². The van der Waals surface area contributed by atoms with E-state index in [0.717, 1.165) is 12.0 Å². The Labute approximate surface area is 151 Å². The first-order chi connectivity index (χ1) is 12.5. The lowest BCUT2D eigenvalue weighted by Gasteiger charge is -2.06. The molecular weight excluding hydrogens is 334 g/mol. The van der Waals surface area contributed by atoms with Gasteiger partial charge in [-0.25, -0.2) is 5.43 Å². The highest BCUT2D eigenvalue weighted by Gasteiger charge is 2.12. The van der Waals surface area contributed by atoms with E-state index >= 15 is 0 Å². The average Bonchev–Trinajstić information content (AvgIpc) is 2.63. The highest BCUT2D eigenvalue weighted by atomic mass is 16.5. The number of hydrogen-bond donors (Lipinski definition) is 3. The minimum absolute atomic E-state index is 0.0410. The van der Waals surface area contributed by atoms with Gasteiger partial charge >= 0.3 is 11.8 Å². The van der Waals surface area contributed by atoms with Crippen LogP contribution in [-0.2, 0) is 9.59 Å². The van der Waals surface area contributed by atoms with Crippen molar-refractivity contribution in [2.45, 2.75) is 20.3 Å². The average molecular weight is 355 g/mol. The topological polar surface area (TPSA) is 100 Å². The monoisotopic (exact) mass is 355 g/mol. The van der Waals surface area contributed by atoms with E-state index in [1.54, 1.807) is 24.3 Å². The summed E-state index contributed by atoms with van der Waals surface area (Å²) >= 11 is 0. The lowest BCUT2D eigenvalue weighted by atomic mass is 10.2. The van der Waals surface area contributed by atoms with Crippen molar-refractivity contribution in [1.82, 2.24) is 5.43 Å². The van der Waals surface area contributed by atoms with E-state index in [9.17, 15) is 14.7 Å². The fourth-order valence-electron chi connectivity index (χ4n) is 1.98. The molecule has 0 aliphatic heterocycles. The first-order valence-electron chi connectivity index (χ1n) is 8.16. The molecule has 7 heteroatoms. The van der Waals surface area contributed by atoms with Crippen molar-refractivity contribution in [3.05, 3.63) is 53.6 Å². The largest absolute Gasteiger partial charge is 0.507 e. The fourth-order valence-corrected chi connectivity index (χ4v) is 1.98. The van der Waals surface area contributed by atoms with Crippen LogP contribution in [0.25, 0.3) is 0 Å². The minimum atomic E-state index is -0.913. The van der Waals surface area contributed by atoms with Crippen LogP contribution >= 0.6 is 0 Å². The Morgan fingerprint density at radius 2 is 1.88 bits per heavy atom. The molecule has 26 heavy (non-hydrogen) atoms. The normalized spacial score (nSPS) is 10.5. The van der Waals surface area contributed by atoms with Gasteiger partial charge in [0.05, 0.1) is 12.8 Å². The minimum Gasteiger partial charge on any atom is -0.507 e. The smallest absolute Gasteiger partial charge is 0.329 e. The second-order valence-electron chi connectivity index (χ2n) is 5.59. The molecule has 2 rings (SSSR count). The Morgan fingerprint density at radius 3 is 2.54 bits per heavy atom. The zero-order valence-electron chi connectivity index (χ0n) is 14.7. The molecule has 0 aliphatic carbocycles. The van der Waals surface area contributed by atoms with Crippen molar-refractivity contribution >= 4 is 23.7 Å². The summed E-state index contributed by atoms with van der Waals surface area (Å²) in [5.74, 6) is -1.24. The zero-order valence-corrected chi connectivity index (χ0v) is 14.7. The number of amides is 2. The molecule has 0 radical (unpaired) electrons. The number of nitrogens with zero attached hydrogens (tertiary/aromatic N) is 1. The summed E-state index contributed by atoms with van der Waals surface area (Å²) in [5.41, 5.74) is 4.06. The molecule has 7 nitrogen and oxygen atoms in total. The third kappa shape index (κ3) is 5.62. The number of hydrogen-bond acceptors (Lipinski definition) is 5. The van der Waals surface area contributed by atoms with E-state index in [1.165, 1.54) is 12.3 Å². The van der Waals surface area contributed by atoms with E-state index in [1.807, 2.05) is 26.0 Å². The van der Waals surface area contributed by atoms with Crippen molar-refractivity contribution in [2.24, 2.45) is 5.10 Å². The Bertz CT molecular complexity index is 801. The fraction of sp³-hybridized carbons (Fsp3) is 0.211. The number of phenols is 1. The Balaban J connectivity index is 1.89. The molecule has 0 atom stereocenters. The number of aryl methyl sites for hydroxylation is 1. The van der Waals surface area contributed by atoms with Crippen LogP contribution in [-0.4, -0.2) is 29.7 Å². The van der Waals surface area contributed by atoms with Gasteiger partial charge in [0.2, 0.25) is 0 Å². The van der Waals surface area contributed by atoms with Gasteiger partial charge in [-0.15, -0.1) is 0 Å². The second kappa shape index (κ2) is 9.22. The molecule has 0 saturated heterocycles. The van der Waals surface area contributed by atoms with E-state index in [0.29, 0.717) is 23.6 Å². The van der Waals surface area contributed by atoms with Crippen LogP contribution in [0.2, 0.25) is 0 Å². The van der Waals surface area contributed by atoms with Crippen LogP contribution in [0.1, 0.15) is 24.5 Å². The summed E-state index contributed by atoms with van der Waals surface area (Å²) < 4.78 is 5.40. The van der Waals surface area contributed by atoms with Gasteiger partial charge in [0.1, 0.15) is 11.5 Å². The second-order valence-corrected chi connectivity index (χ2v) is 5.59. The Morgan fingerprint density at radius 1 is 1.15 bits per heavy atom. The molecule has 0 unspecified atom stereocenters. The Kier molecular flexibility index (Phi) is 6.73. The maximum Gasteiger partial charge on any atom is 0.329 e. The molecular formula is C19H21N3O4. The molecule has 0 bridgehead atoms. The van der Waals surface area contributed by atoms with Crippen molar-refractivity contribution in [1.29, 1.82) is 0 Å². The molecule has 0 fully saturated rings. The molecule has 0 spiro atoms. The summed E-state index contributed by atoms with van der Waals surface area (Å²) in [6, 6.07) is 11.8. The molecule has 0 aromatic heterocycles. The maximum atomic E-state index is 11.8. The standard InChI is InChI=1S/C19H21N3O4/c1-3-10-26-16-9-6-14(17(23)11-16)12-20-22-19(25)18(24)21-15-7-4-13(2)5-8-15/h4-9,11-12,23H,3,10H2,1-2H3,(H,21,24)(H,22,25)/b20-12+. The predicted octanol–water partition coefficient (Wildman–Crippen LogP) is 2.58. The number of benzene rings is 2. The van der Waals surface area contributed by atoms with Gasteiger partial charge in [-0.3, -0.25) is 9.59 Å². The third-order valence-electron chi connectivity index (χ3n) is 3.36. The van der Waals surface area contributed by atoms with Crippen LogP contribution in [0.5, 0.6) is 11.5 Å². The van der Waals surface area contributed by atoms with Crippen LogP contribution in [0.3, 0.4) is 0 Å². The maximum absolute atomic E-state index is 11.8. The van der Waals surface area contributed by atoms with Crippen LogP contribution in [0.15, 0.2) is 47.6 Å². The van der Waals surface area contributed by atoms with Crippen LogP contribution in [0, 0.1) is 6.92 Å². The third-order valence-corrected chi connectivity index (χ3v) is 3.36. The lowest BCUT2D eigenvalue weighted by Crippen LogP contribution is -2.32. The number of nitrogens with one attached hydrogen (secondary N) is 2. The highest BCUT2D eigenvalue weighted by molar-refractivity contribution is 6.39. The molecule has 0 heterocycles. The van der Waals surface area contributed by atoms with E-state index in [4.69, 9.17) is 4.74 Å². The Hall–Kier alpha value is -3.35. The summed E-state index contributed by atoms with van der Waals surface area (Å²) in [6.45, 7) is 4.46. The number of ether oxygens (including phenoxy) is 1. The van der Waals surface area contributed by atoms with E-state index in [2.05, 4.69) is 15.8 Å². The first kappa shape index (κ1) is 19.0. The summed E-state index contributed by atoms with van der Waals surface area (Å²) in [6.07, 6.45) is 2.11. The number of hydrazone groups is 1. The quantitative estimate of drug-likeness (QED) is 0.421. The number of anilines is 1. The zero-order chi connectivity index (χ0) is 18.9. The molecule has 2 amide bonds. The SMILES string of the molecule is CCCOc1ccc(/C=N/NC(=O)C(=O)Nc2ccc(C)cc2)c(O)c1. The molecule has 2 aromatic rings. The molecule has 3 N–H and O–H groups in total. The van der Waals surface area contributed by atoms with Gasteiger partial charge in [-0.1, -0.05) is 24.6 Å². The van der Waals surface area contributed by atoms with Gasteiger partial charge in [-0.2, -0.15) is 5.10 Å². The van der Waals surface area contributed by atoms with Crippen molar-refractivity contribution in [3.63, 3.8) is 0 Å². The number of phenolic OH excluding ortho intramolecular Hbond substituents is 1. The number of aromatic hydroxyl groups is 1. The number of carbonyl (C=O) groups is 2. The molecule has 136 valence electrons. The van der Waals surface area contributed by atoms with Gasteiger partial charge in [0.25, 0.3) is 0 Å². The van der Waals surface area contributed by atoms with Gasteiger partial charge in [0, 0.05) is 17.3 Å². The lowest BCUT2D eigenvalue weighted by molar-refractivity contribution is -0.136. The number of carbonyl (C=O) groups excluding carboxylic acids is 2. The summed E-state index contributed by atoms with van der Waals surface area (Å²) in [4.78, 5) is 23.5. The van der Waals surface area contributed by atoms with E-state index in [-0.39, 0.29) is 5.75 Å². The van der Waals surface area contributed by atoms with Crippen molar-refractivity contribution < 1.29 is 19.4 Å². The number of rotatable bonds is 6. The predicted molar refractivity (Wildman–Crippen MR) is 99.4 cm³/mol. The summed E-state index contributed by atoms with van der Waals surface area (Å²) in [5, 5.41) is 16.1. The van der Waals surface area contributed by atoms with Gasteiger partial charge in [-0.05, 0) is 37.6 Å². The van der Waals surface area contributed by atoms with E-state index < -0.39 is 11.8 Å².